The summed E-state index contributed by atoms with van der Waals surface area (Å²) in [5.74, 6) is -1.39. The quantitative estimate of drug-likeness (QED) is 0.498. The standard InChI is InChI=1S/C18H25NO6/c1-5-23-16(20)11-19(12-17(21)24-6-2)15-10-14(9-8-13(15)4)18(22)25-7-3/h8-10H,5-7,11-12H2,1-4H3. The van der Waals surface area contributed by atoms with Gasteiger partial charge in [-0.3, -0.25) is 9.59 Å². The van der Waals surface area contributed by atoms with Gasteiger partial charge in [0, 0.05) is 5.69 Å². The zero-order chi connectivity index (χ0) is 18.8. The molecule has 0 saturated heterocycles. The van der Waals surface area contributed by atoms with Crippen molar-refractivity contribution in [1.82, 2.24) is 0 Å². The van der Waals surface area contributed by atoms with E-state index in [-0.39, 0.29) is 32.9 Å². The number of rotatable bonds is 9. The average Bonchev–Trinajstić information content (AvgIpc) is 2.55. The van der Waals surface area contributed by atoms with Gasteiger partial charge < -0.3 is 19.1 Å². The molecule has 0 aliphatic rings. The molecule has 0 bridgehead atoms. The van der Waals surface area contributed by atoms with Crippen LogP contribution in [-0.4, -0.2) is 50.8 Å². The van der Waals surface area contributed by atoms with Crippen LogP contribution in [0.1, 0.15) is 36.7 Å². The van der Waals surface area contributed by atoms with Crippen LogP contribution in [0.2, 0.25) is 0 Å². The molecule has 0 spiro atoms. The summed E-state index contributed by atoms with van der Waals surface area (Å²) in [4.78, 5) is 37.3. The molecule has 1 aromatic carbocycles. The highest BCUT2D eigenvalue weighted by Crippen LogP contribution is 2.22. The van der Waals surface area contributed by atoms with Gasteiger partial charge in [0.15, 0.2) is 0 Å². The van der Waals surface area contributed by atoms with Crippen LogP contribution in [0.25, 0.3) is 0 Å². The molecule has 25 heavy (non-hydrogen) atoms. The molecule has 7 nitrogen and oxygen atoms in total. The van der Waals surface area contributed by atoms with Crippen LogP contribution in [-0.2, 0) is 23.8 Å². The number of carbonyl (C=O) groups excluding carboxylic acids is 3. The number of nitrogens with zero attached hydrogens (tertiary/aromatic N) is 1. The number of esters is 3. The molecule has 0 atom stereocenters. The average molecular weight is 351 g/mol. The summed E-state index contributed by atoms with van der Waals surface area (Å²) in [6, 6.07) is 4.99. The van der Waals surface area contributed by atoms with Crippen molar-refractivity contribution in [3.63, 3.8) is 0 Å². The first-order valence-electron chi connectivity index (χ1n) is 8.26. The van der Waals surface area contributed by atoms with Crippen LogP contribution in [0.15, 0.2) is 18.2 Å². The summed E-state index contributed by atoms with van der Waals surface area (Å²) >= 11 is 0. The predicted molar refractivity (Wildman–Crippen MR) is 92.6 cm³/mol. The smallest absolute Gasteiger partial charge is 0.338 e. The van der Waals surface area contributed by atoms with E-state index in [0.717, 1.165) is 5.56 Å². The summed E-state index contributed by atoms with van der Waals surface area (Å²) in [6.07, 6.45) is 0. The molecule has 1 rings (SSSR count). The molecule has 0 fully saturated rings. The molecule has 7 heteroatoms. The fraction of sp³-hybridized carbons (Fsp3) is 0.500. The zero-order valence-corrected chi connectivity index (χ0v) is 15.2. The third-order valence-electron chi connectivity index (χ3n) is 3.31. The minimum atomic E-state index is -0.465. The molecule has 0 unspecified atom stereocenters. The van der Waals surface area contributed by atoms with Crippen LogP contribution < -0.4 is 4.90 Å². The molecular weight excluding hydrogens is 326 g/mol. The van der Waals surface area contributed by atoms with Crippen molar-refractivity contribution >= 4 is 23.6 Å². The monoisotopic (exact) mass is 351 g/mol. The van der Waals surface area contributed by atoms with Gasteiger partial charge in [0.1, 0.15) is 13.1 Å². The molecule has 0 N–H and O–H groups in total. The maximum absolute atomic E-state index is 12.0. The lowest BCUT2D eigenvalue weighted by Gasteiger charge is -2.25. The van der Waals surface area contributed by atoms with E-state index in [0.29, 0.717) is 11.3 Å². The molecule has 0 aliphatic carbocycles. The van der Waals surface area contributed by atoms with Gasteiger partial charge in [-0.15, -0.1) is 0 Å². The van der Waals surface area contributed by atoms with Gasteiger partial charge in [-0.1, -0.05) is 6.07 Å². The first-order chi connectivity index (χ1) is 11.9. The van der Waals surface area contributed by atoms with E-state index >= 15 is 0 Å². The summed E-state index contributed by atoms with van der Waals surface area (Å²) in [5.41, 5.74) is 1.73. The molecule has 0 amide bonds. The van der Waals surface area contributed by atoms with Gasteiger partial charge in [0.05, 0.1) is 25.4 Å². The fourth-order valence-corrected chi connectivity index (χ4v) is 2.24. The van der Waals surface area contributed by atoms with Crippen molar-refractivity contribution in [2.75, 3.05) is 37.8 Å². The number of anilines is 1. The number of hydrogen-bond acceptors (Lipinski definition) is 7. The van der Waals surface area contributed by atoms with Gasteiger partial charge in [-0.25, -0.2) is 4.79 Å². The van der Waals surface area contributed by atoms with Gasteiger partial charge in [0.2, 0.25) is 0 Å². The van der Waals surface area contributed by atoms with Crippen molar-refractivity contribution in [1.29, 1.82) is 0 Å². The minimum absolute atomic E-state index is 0.125. The lowest BCUT2D eigenvalue weighted by atomic mass is 10.1. The highest BCUT2D eigenvalue weighted by atomic mass is 16.5. The Balaban J connectivity index is 3.13. The van der Waals surface area contributed by atoms with Gasteiger partial charge in [-0.2, -0.15) is 0 Å². The Hall–Kier alpha value is -2.57. The summed E-state index contributed by atoms with van der Waals surface area (Å²) < 4.78 is 14.9. The Labute approximate surface area is 147 Å². The second-order valence-corrected chi connectivity index (χ2v) is 5.19. The van der Waals surface area contributed by atoms with Gasteiger partial charge in [0.25, 0.3) is 0 Å². The zero-order valence-electron chi connectivity index (χ0n) is 15.2. The van der Waals surface area contributed by atoms with Crippen molar-refractivity contribution in [3.05, 3.63) is 29.3 Å². The summed E-state index contributed by atoms with van der Waals surface area (Å²) in [7, 11) is 0. The largest absolute Gasteiger partial charge is 0.465 e. The number of hydrogen-bond donors (Lipinski definition) is 0. The van der Waals surface area contributed by atoms with Gasteiger partial charge in [-0.05, 0) is 45.4 Å². The van der Waals surface area contributed by atoms with E-state index < -0.39 is 17.9 Å². The first-order valence-corrected chi connectivity index (χ1v) is 8.26. The normalized spacial score (nSPS) is 10.1. The number of ether oxygens (including phenoxy) is 3. The lowest BCUT2D eigenvalue weighted by Crippen LogP contribution is -2.36. The number of aryl methyl sites for hydroxylation is 1. The molecule has 138 valence electrons. The maximum Gasteiger partial charge on any atom is 0.338 e. The van der Waals surface area contributed by atoms with Crippen molar-refractivity contribution in [2.45, 2.75) is 27.7 Å². The van der Waals surface area contributed by atoms with Crippen molar-refractivity contribution in [2.24, 2.45) is 0 Å². The lowest BCUT2D eigenvalue weighted by molar-refractivity contribution is -0.142. The topological polar surface area (TPSA) is 82.1 Å². The van der Waals surface area contributed by atoms with E-state index in [2.05, 4.69) is 0 Å². The Bertz CT molecular complexity index is 594. The molecular formula is C18H25NO6. The second-order valence-electron chi connectivity index (χ2n) is 5.19. The van der Waals surface area contributed by atoms with Crippen LogP contribution in [0.3, 0.4) is 0 Å². The van der Waals surface area contributed by atoms with Crippen molar-refractivity contribution < 1.29 is 28.6 Å². The van der Waals surface area contributed by atoms with Crippen LogP contribution in [0.5, 0.6) is 0 Å². The van der Waals surface area contributed by atoms with E-state index in [1.165, 1.54) is 4.90 Å². The minimum Gasteiger partial charge on any atom is -0.465 e. The Morgan fingerprint density at radius 3 is 1.88 bits per heavy atom. The predicted octanol–water partition coefficient (Wildman–Crippen LogP) is 2.10. The second kappa shape index (κ2) is 10.3. The molecule has 0 radical (unpaired) electrons. The van der Waals surface area contributed by atoms with Crippen LogP contribution in [0.4, 0.5) is 5.69 Å². The molecule has 0 heterocycles. The van der Waals surface area contributed by atoms with E-state index in [4.69, 9.17) is 14.2 Å². The van der Waals surface area contributed by atoms with Crippen LogP contribution >= 0.6 is 0 Å². The highest BCUT2D eigenvalue weighted by molar-refractivity contribution is 5.91. The van der Waals surface area contributed by atoms with E-state index in [9.17, 15) is 14.4 Å². The van der Waals surface area contributed by atoms with Gasteiger partial charge >= 0.3 is 17.9 Å². The Kier molecular flexibility index (Phi) is 8.46. The SMILES string of the molecule is CCOC(=O)CN(CC(=O)OCC)c1cc(C(=O)OCC)ccc1C. The molecule has 0 aromatic heterocycles. The Morgan fingerprint density at radius 2 is 1.40 bits per heavy atom. The number of benzene rings is 1. The molecule has 0 aliphatic heterocycles. The molecule has 1 aromatic rings. The third kappa shape index (κ3) is 6.45. The highest BCUT2D eigenvalue weighted by Gasteiger charge is 2.20. The van der Waals surface area contributed by atoms with E-state index in [1.54, 1.807) is 39.0 Å². The number of carbonyl (C=O) groups is 3. The molecule has 0 saturated carbocycles. The van der Waals surface area contributed by atoms with E-state index in [1.807, 2.05) is 6.92 Å². The van der Waals surface area contributed by atoms with Crippen molar-refractivity contribution in [3.8, 4) is 0 Å². The first kappa shape index (κ1) is 20.5. The summed E-state index contributed by atoms with van der Waals surface area (Å²) in [5, 5.41) is 0. The Morgan fingerprint density at radius 1 is 0.880 bits per heavy atom. The summed E-state index contributed by atoms with van der Waals surface area (Å²) in [6.45, 7) is 7.47. The third-order valence-corrected chi connectivity index (χ3v) is 3.31. The fourth-order valence-electron chi connectivity index (χ4n) is 2.24. The maximum atomic E-state index is 12.0. The van der Waals surface area contributed by atoms with Crippen LogP contribution in [0, 0.1) is 6.92 Å².